The van der Waals surface area contributed by atoms with Crippen LogP contribution in [-0.2, 0) is 6.54 Å². The van der Waals surface area contributed by atoms with Crippen molar-refractivity contribution in [1.29, 1.82) is 0 Å². The molecule has 1 fully saturated rings. The number of benzene rings is 1. The Balaban J connectivity index is 1.65. The molecule has 1 atom stereocenters. The van der Waals surface area contributed by atoms with Crippen molar-refractivity contribution in [3.05, 3.63) is 48.3 Å². The maximum absolute atomic E-state index is 13.8. The Morgan fingerprint density at radius 3 is 3.17 bits per heavy atom. The second kappa shape index (κ2) is 5.49. The van der Waals surface area contributed by atoms with Crippen molar-refractivity contribution in [1.82, 2.24) is 24.6 Å². The number of aromatic amines is 1. The number of aromatic nitrogens is 4. The number of carbonyl (C=O) groups excluding carboxylic acids is 1. The second-order valence-electron chi connectivity index (χ2n) is 5.77. The molecular formula is C16H16FN5O. The van der Waals surface area contributed by atoms with Crippen molar-refractivity contribution in [2.24, 2.45) is 0 Å². The average Bonchev–Trinajstić information content (AvgIpc) is 3.26. The highest BCUT2D eigenvalue weighted by molar-refractivity contribution is 6.05. The highest BCUT2D eigenvalue weighted by Gasteiger charge is 2.31. The number of imidazole rings is 1. The molecule has 1 amide bonds. The molecular weight excluding hydrogens is 297 g/mol. The Kier molecular flexibility index (Phi) is 3.33. The molecule has 1 saturated heterocycles. The normalized spacial score (nSPS) is 18.0. The number of nitrogens with one attached hydrogen (secondary N) is 1. The SMILES string of the molecule is O=C(c1cc(F)cc2[nH]cnc12)N1CCC[C@@H]1Cn1cccn1. The van der Waals surface area contributed by atoms with E-state index in [0.29, 0.717) is 29.7 Å². The summed E-state index contributed by atoms with van der Waals surface area (Å²) in [6.45, 7) is 1.32. The first-order chi connectivity index (χ1) is 11.2. The van der Waals surface area contributed by atoms with Gasteiger partial charge in [0.25, 0.3) is 5.91 Å². The minimum Gasteiger partial charge on any atom is -0.344 e. The van der Waals surface area contributed by atoms with Crippen LogP contribution in [0.25, 0.3) is 11.0 Å². The van der Waals surface area contributed by atoms with Gasteiger partial charge in [0.05, 0.1) is 30.0 Å². The number of H-pyrrole nitrogens is 1. The van der Waals surface area contributed by atoms with Crippen LogP contribution in [0.4, 0.5) is 4.39 Å². The van der Waals surface area contributed by atoms with Crippen LogP contribution in [0.5, 0.6) is 0 Å². The van der Waals surface area contributed by atoms with Gasteiger partial charge in [-0.1, -0.05) is 0 Å². The molecule has 0 saturated carbocycles. The molecule has 7 heteroatoms. The zero-order valence-corrected chi connectivity index (χ0v) is 12.4. The smallest absolute Gasteiger partial charge is 0.256 e. The third-order valence-corrected chi connectivity index (χ3v) is 4.31. The molecule has 3 heterocycles. The molecule has 4 rings (SSSR count). The molecule has 1 N–H and O–H groups in total. The predicted octanol–water partition coefficient (Wildman–Crippen LogP) is 2.20. The zero-order valence-electron chi connectivity index (χ0n) is 12.4. The van der Waals surface area contributed by atoms with Gasteiger partial charge in [-0.3, -0.25) is 9.48 Å². The van der Waals surface area contributed by atoms with Crippen molar-refractivity contribution in [2.75, 3.05) is 6.54 Å². The van der Waals surface area contributed by atoms with Gasteiger partial charge in [-0.2, -0.15) is 5.10 Å². The van der Waals surface area contributed by atoms with Crippen LogP contribution >= 0.6 is 0 Å². The van der Waals surface area contributed by atoms with Crippen molar-refractivity contribution >= 4 is 16.9 Å². The number of hydrogen-bond acceptors (Lipinski definition) is 3. The number of rotatable bonds is 3. The number of nitrogens with zero attached hydrogens (tertiary/aromatic N) is 4. The maximum Gasteiger partial charge on any atom is 0.256 e. The van der Waals surface area contributed by atoms with Crippen LogP contribution < -0.4 is 0 Å². The van der Waals surface area contributed by atoms with Gasteiger partial charge in [0.2, 0.25) is 0 Å². The largest absolute Gasteiger partial charge is 0.344 e. The van der Waals surface area contributed by atoms with E-state index >= 15 is 0 Å². The third-order valence-electron chi connectivity index (χ3n) is 4.31. The van der Waals surface area contributed by atoms with Gasteiger partial charge in [-0.25, -0.2) is 9.37 Å². The van der Waals surface area contributed by atoms with Crippen molar-refractivity contribution in [3.8, 4) is 0 Å². The van der Waals surface area contributed by atoms with E-state index in [1.54, 1.807) is 6.20 Å². The lowest BCUT2D eigenvalue weighted by atomic mass is 10.1. The van der Waals surface area contributed by atoms with Gasteiger partial charge >= 0.3 is 0 Å². The van der Waals surface area contributed by atoms with Crippen LogP contribution in [0.3, 0.4) is 0 Å². The Hall–Kier alpha value is -2.70. The van der Waals surface area contributed by atoms with E-state index < -0.39 is 5.82 Å². The molecule has 0 unspecified atom stereocenters. The Bertz CT molecular complexity index is 841. The lowest BCUT2D eigenvalue weighted by Crippen LogP contribution is -2.38. The summed E-state index contributed by atoms with van der Waals surface area (Å²) in [6, 6.07) is 4.56. The van der Waals surface area contributed by atoms with E-state index in [2.05, 4.69) is 15.1 Å². The van der Waals surface area contributed by atoms with Crippen LogP contribution in [0.1, 0.15) is 23.2 Å². The Morgan fingerprint density at radius 1 is 1.43 bits per heavy atom. The van der Waals surface area contributed by atoms with E-state index in [4.69, 9.17) is 0 Å². The second-order valence-corrected chi connectivity index (χ2v) is 5.77. The molecule has 3 aromatic rings. The first-order valence-corrected chi connectivity index (χ1v) is 7.63. The number of likely N-dealkylation sites (tertiary alicyclic amines) is 1. The summed E-state index contributed by atoms with van der Waals surface area (Å²) in [5.41, 5.74) is 1.37. The number of amides is 1. The quantitative estimate of drug-likeness (QED) is 0.806. The minimum absolute atomic E-state index is 0.0691. The fourth-order valence-corrected chi connectivity index (χ4v) is 3.25. The van der Waals surface area contributed by atoms with Gasteiger partial charge in [0.15, 0.2) is 0 Å². The van der Waals surface area contributed by atoms with Gasteiger partial charge in [-0.05, 0) is 31.0 Å². The molecule has 1 aromatic carbocycles. The fraction of sp³-hybridized carbons (Fsp3) is 0.312. The van der Waals surface area contributed by atoms with Crippen LogP contribution in [0, 0.1) is 5.82 Å². The van der Waals surface area contributed by atoms with Crippen LogP contribution in [0.15, 0.2) is 36.9 Å². The van der Waals surface area contributed by atoms with Gasteiger partial charge in [0, 0.05) is 18.9 Å². The molecule has 2 aromatic heterocycles. The monoisotopic (exact) mass is 313 g/mol. The van der Waals surface area contributed by atoms with Crippen molar-refractivity contribution in [3.63, 3.8) is 0 Å². The van der Waals surface area contributed by atoms with E-state index in [9.17, 15) is 9.18 Å². The van der Waals surface area contributed by atoms with Gasteiger partial charge < -0.3 is 9.88 Å². The summed E-state index contributed by atoms with van der Waals surface area (Å²) in [5.74, 6) is -0.607. The van der Waals surface area contributed by atoms with E-state index in [1.165, 1.54) is 18.5 Å². The molecule has 0 aliphatic carbocycles. The highest BCUT2D eigenvalue weighted by Crippen LogP contribution is 2.25. The molecule has 6 nitrogen and oxygen atoms in total. The summed E-state index contributed by atoms with van der Waals surface area (Å²) < 4.78 is 15.6. The lowest BCUT2D eigenvalue weighted by molar-refractivity contribution is 0.0723. The van der Waals surface area contributed by atoms with Crippen LogP contribution in [-0.4, -0.2) is 43.1 Å². The number of carbonyl (C=O) groups is 1. The summed E-state index contributed by atoms with van der Waals surface area (Å²) in [4.78, 5) is 21.8. The Morgan fingerprint density at radius 2 is 2.35 bits per heavy atom. The standard InChI is InChI=1S/C16H16FN5O/c17-11-7-13(15-14(8-11)18-10-19-15)16(23)22-6-1-3-12(22)9-21-5-2-4-20-21/h2,4-5,7-8,10,12H,1,3,6,9H2,(H,18,19)/t12-/m1/s1. The maximum atomic E-state index is 13.8. The summed E-state index contributed by atoms with van der Waals surface area (Å²) >= 11 is 0. The molecule has 1 aliphatic heterocycles. The first-order valence-electron chi connectivity index (χ1n) is 7.63. The van der Waals surface area contributed by atoms with Gasteiger partial charge in [0.1, 0.15) is 11.3 Å². The van der Waals surface area contributed by atoms with E-state index in [-0.39, 0.29) is 11.9 Å². The molecule has 0 bridgehead atoms. The van der Waals surface area contributed by atoms with Gasteiger partial charge in [-0.15, -0.1) is 0 Å². The zero-order chi connectivity index (χ0) is 15.8. The molecule has 0 radical (unpaired) electrons. The molecule has 23 heavy (non-hydrogen) atoms. The summed E-state index contributed by atoms with van der Waals surface area (Å²) in [5, 5.41) is 4.20. The number of hydrogen-bond donors (Lipinski definition) is 1. The highest BCUT2D eigenvalue weighted by atomic mass is 19.1. The topological polar surface area (TPSA) is 66.8 Å². The van der Waals surface area contributed by atoms with Crippen LogP contribution in [0.2, 0.25) is 0 Å². The number of halogens is 1. The molecule has 0 spiro atoms. The lowest BCUT2D eigenvalue weighted by Gasteiger charge is -2.25. The average molecular weight is 313 g/mol. The van der Waals surface area contributed by atoms with Crippen molar-refractivity contribution < 1.29 is 9.18 Å². The van der Waals surface area contributed by atoms with E-state index in [1.807, 2.05) is 21.8 Å². The number of fused-ring (bicyclic) bond motifs is 1. The Labute approximate surface area is 131 Å². The van der Waals surface area contributed by atoms with E-state index in [0.717, 1.165) is 12.8 Å². The van der Waals surface area contributed by atoms with Crippen molar-refractivity contribution in [2.45, 2.75) is 25.4 Å². The fourth-order valence-electron chi connectivity index (χ4n) is 3.25. The molecule has 1 aliphatic rings. The third kappa shape index (κ3) is 2.48. The summed E-state index contributed by atoms with van der Waals surface area (Å²) in [7, 11) is 0. The minimum atomic E-state index is -0.437. The molecule has 118 valence electrons. The summed E-state index contributed by atoms with van der Waals surface area (Å²) in [6.07, 6.45) is 6.95. The predicted molar refractivity (Wildman–Crippen MR) is 82.3 cm³/mol. The first kappa shape index (κ1) is 13.9.